The normalized spacial score (nSPS) is 19.1. The Kier molecular flexibility index (Phi) is 5.05. The van der Waals surface area contributed by atoms with E-state index in [1.165, 1.54) is 18.3 Å². The summed E-state index contributed by atoms with van der Waals surface area (Å²) in [5.41, 5.74) is -0.0563. The zero-order valence-corrected chi connectivity index (χ0v) is 10.5. The third-order valence-corrected chi connectivity index (χ3v) is 2.71. The summed E-state index contributed by atoms with van der Waals surface area (Å²) in [6.45, 7) is 1.49. The smallest absolute Gasteiger partial charge is 0.287 e. The highest BCUT2D eigenvalue weighted by atomic mass is 16.7. The van der Waals surface area contributed by atoms with Crippen LogP contribution in [-0.4, -0.2) is 36.0 Å². The highest BCUT2D eigenvalue weighted by molar-refractivity contribution is 5.28. The van der Waals surface area contributed by atoms with Crippen molar-refractivity contribution in [3.8, 4) is 5.88 Å². The van der Waals surface area contributed by atoms with Gasteiger partial charge in [0.1, 0.15) is 12.8 Å². The Balaban J connectivity index is 1.66. The Morgan fingerprint density at radius 1 is 1.42 bits per heavy atom. The van der Waals surface area contributed by atoms with Gasteiger partial charge in [-0.15, -0.1) is 0 Å². The van der Waals surface area contributed by atoms with Crippen LogP contribution in [0.2, 0.25) is 0 Å². The number of rotatable bonds is 6. The van der Waals surface area contributed by atoms with Crippen molar-refractivity contribution in [2.24, 2.45) is 0 Å². The standard InChI is InChI=1S/C12H16N2O5/c15-14(16)10-4-5-11(13-9-10)17-7-8-19-12-3-1-2-6-18-12/h4-5,9,12H,1-3,6-8H2. The van der Waals surface area contributed by atoms with Crippen LogP contribution in [0.3, 0.4) is 0 Å². The van der Waals surface area contributed by atoms with Gasteiger partial charge in [-0.25, -0.2) is 4.98 Å². The lowest BCUT2D eigenvalue weighted by atomic mass is 10.2. The highest BCUT2D eigenvalue weighted by Gasteiger charge is 2.13. The van der Waals surface area contributed by atoms with Crippen LogP contribution in [0, 0.1) is 10.1 Å². The summed E-state index contributed by atoms with van der Waals surface area (Å²) in [6.07, 6.45) is 4.15. The molecule has 0 spiro atoms. The fourth-order valence-electron chi connectivity index (χ4n) is 1.73. The van der Waals surface area contributed by atoms with Crippen molar-refractivity contribution in [2.45, 2.75) is 25.6 Å². The van der Waals surface area contributed by atoms with Crippen LogP contribution < -0.4 is 4.74 Å². The monoisotopic (exact) mass is 268 g/mol. The van der Waals surface area contributed by atoms with Crippen LogP contribution in [0.5, 0.6) is 5.88 Å². The zero-order chi connectivity index (χ0) is 13.5. The molecule has 0 aliphatic carbocycles. The molecule has 1 atom stereocenters. The average Bonchev–Trinajstić information content (AvgIpc) is 2.45. The van der Waals surface area contributed by atoms with Crippen molar-refractivity contribution in [3.63, 3.8) is 0 Å². The number of nitrogens with zero attached hydrogens (tertiary/aromatic N) is 2. The van der Waals surface area contributed by atoms with Gasteiger partial charge in [0.2, 0.25) is 5.88 Å². The van der Waals surface area contributed by atoms with Crippen molar-refractivity contribution in [1.29, 1.82) is 0 Å². The van der Waals surface area contributed by atoms with Crippen LogP contribution in [-0.2, 0) is 9.47 Å². The van der Waals surface area contributed by atoms with Gasteiger partial charge in [0.05, 0.1) is 11.5 Å². The predicted molar refractivity (Wildman–Crippen MR) is 65.9 cm³/mol. The highest BCUT2D eigenvalue weighted by Crippen LogP contribution is 2.15. The zero-order valence-electron chi connectivity index (χ0n) is 10.5. The van der Waals surface area contributed by atoms with Gasteiger partial charge in [0, 0.05) is 18.7 Å². The summed E-state index contributed by atoms with van der Waals surface area (Å²) in [5.74, 6) is 0.346. The molecule has 0 radical (unpaired) electrons. The quantitative estimate of drug-likeness (QED) is 0.445. The summed E-state index contributed by atoms with van der Waals surface area (Å²) < 4.78 is 16.2. The van der Waals surface area contributed by atoms with Gasteiger partial charge >= 0.3 is 0 Å². The van der Waals surface area contributed by atoms with Crippen molar-refractivity contribution >= 4 is 5.69 Å². The maximum Gasteiger partial charge on any atom is 0.287 e. The lowest BCUT2D eigenvalue weighted by Gasteiger charge is -2.22. The Morgan fingerprint density at radius 2 is 2.32 bits per heavy atom. The number of aromatic nitrogens is 1. The van der Waals surface area contributed by atoms with E-state index >= 15 is 0 Å². The molecule has 1 fully saturated rings. The number of pyridine rings is 1. The van der Waals surface area contributed by atoms with Gasteiger partial charge in [-0.3, -0.25) is 10.1 Å². The van der Waals surface area contributed by atoms with Crippen LogP contribution in [0.4, 0.5) is 5.69 Å². The maximum absolute atomic E-state index is 10.4. The topological polar surface area (TPSA) is 83.7 Å². The van der Waals surface area contributed by atoms with Gasteiger partial charge in [-0.2, -0.15) is 0 Å². The van der Waals surface area contributed by atoms with Gasteiger partial charge < -0.3 is 14.2 Å². The van der Waals surface area contributed by atoms with Gasteiger partial charge in [0.15, 0.2) is 6.29 Å². The molecule has 2 heterocycles. The first-order valence-electron chi connectivity index (χ1n) is 6.22. The van der Waals surface area contributed by atoms with Crippen LogP contribution >= 0.6 is 0 Å². The van der Waals surface area contributed by atoms with E-state index in [1.807, 2.05) is 0 Å². The summed E-state index contributed by atoms with van der Waals surface area (Å²) >= 11 is 0. The second kappa shape index (κ2) is 7.01. The minimum absolute atomic E-state index is 0.0563. The van der Waals surface area contributed by atoms with Gasteiger partial charge in [0.25, 0.3) is 5.69 Å². The Morgan fingerprint density at radius 3 is 2.95 bits per heavy atom. The molecule has 1 aromatic heterocycles. The molecular weight excluding hydrogens is 252 g/mol. The summed E-state index contributed by atoms with van der Waals surface area (Å²) in [7, 11) is 0. The lowest BCUT2D eigenvalue weighted by molar-refractivity contribution is -0.385. The first kappa shape index (κ1) is 13.7. The molecule has 104 valence electrons. The Bertz CT molecular complexity index is 403. The molecule has 1 aliphatic heterocycles. The van der Waals surface area contributed by atoms with Crippen molar-refractivity contribution in [1.82, 2.24) is 4.98 Å². The number of hydrogen-bond donors (Lipinski definition) is 0. The SMILES string of the molecule is O=[N+]([O-])c1ccc(OCCOC2CCCCO2)nc1. The first-order valence-corrected chi connectivity index (χ1v) is 6.22. The lowest BCUT2D eigenvalue weighted by Crippen LogP contribution is -2.24. The van der Waals surface area contributed by atoms with Gasteiger partial charge in [-0.05, 0) is 19.3 Å². The molecule has 1 aromatic rings. The molecule has 0 bridgehead atoms. The summed E-state index contributed by atoms with van der Waals surface area (Å²) in [6, 6.07) is 2.82. The third kappa shape index (κ3) is 4.46. The third-order valence-electron chi connectivity index (χ3n) is 2.71. The number of hydrogen-bond acceptors (Lipinski definition) is 6. The van der Waals surface area contributed by atoms with Crippen molar-refractivity contribution in [2.75, 3.05) is 19.8 Å². The first-order chi connectivity index (χ1) is 9.25. The van der Waals surface area contributed by atoms with E-state index in [-0.39, 0.29) is 12.0 Å². The molecule has 2 rings (SSSR count). The Labute approximate surface area is 110 Å². The van der Waals surface area contributed by atoms with Crippen LogP contribution in [0.15, 0.2) is 18.3 Å². The van der Waals surface area contributed by atoms with Gasteiger partial charge in [-0.1, -0.05) is 0 Å². The molecule has 1 saturated heterocycles. The fraction of sp³-hybridized carbons (Fsp3) is 0.583. The van der Waals surface area contributed by atoms with Crippen LogP contribution in [0.25, 0.3) is 0 Å². The van der Waals surface area contributed by atoms with Crippen molar-refractivity contribution < 1.29 is 19.1 Å². The van der Waals surface area contributed by atoms with E-state index in [2.05, 4.69) is 4.98 Å². The van der Waals surface area contributed by atoms with E-state index in [9.17, 15) is 10.1 Å². The molecule has 7 heteroatoms. The van der Waals surface area contributed by atoms with E-state index in [0.717, 1.165) is 25.9 Å². The average molecular weight is 268 g/mol. The summed E-state index contributed by atoms with van der Waals surface area (Å²) in [5, 5.41) is 10.4. The minimum atomic E-state index is -0.500. The molecule has 1 aliphatic rings. The van der Waals surface area contributed by atoms with Crippen LogP contribution in [0.1, 0.15) is 19.3 Å². The number of ether oxygens (including phenoxy) is 3. The molecular formula is C12H16N2O5. The summed E-state index contributed by atoms with van der Waals surface area (Å²) in [4.78, 5) is 13.8. The predicted octanol–water partition coefficient (Wildman–Crippen LogP) is 1.91. The van der Waals surface area contributed by atoms with E-state index in [0.29, 0.717) is 19.1 Å². The molecule has 0 N–H and O–H groups in total. The molecule has 1 unspecified atom stereocenters. The largest absolute Gasteiger partial charge is 0.475 e. The second-order valence-corrected chi connectivity index (χ2v) is 4.13. The molecule has 0 saturated carbocycles. The van der Waals surface area contributed by atoms with E-state index in [1.54, 1.807) is 0 Å². The molecule has 7 nitrogen and oxygen atoms in total. The maximum atomic E-state index is 10.4. The van der Waals surface area contributed by atoms with Crippen molar-refractivity contribution in [3.05, 3.63) is 28.4 Å². The second-order valence-electron chi connectivity index (χ2n) is 4.13. The Hall–Kier alpha value is -1.73. The van der Waals surface area contributed by atoms with E-state index < -0.39 is 4.92 Å². The fourth-order valence-corrected chi connectivity index (χ4v) is 1.73. The minimum Gasteiger partial charge on any atom is -0.475 e. The van der Waals surface area contributed by atoms with E-state index in [4.69, 9.17) is 14.2 Å². The molecule has 0 amide bonds. The number of nitro groups is 1. The molecule has 0 aromatic carbocycles. The molecule has 19 heavy (non-hydrogen) atoms.